The molecule has 0 amide bonds. The third-order valence-corrected chi connectivity index (χ3v) is 3.11. The second-order valence-electron chi connectivity index (χ2n) is 4.34. The van der Waals surface area contributed by atoms with Gasteiger partial charge in [0.15, 0.2) is 0 Å². The lowest BCUT2D eigenvalue weighted by atomic mass is 9.89. The molecular weight excluding hydrogens is 138 g/mol. The monoisotopic (exact) mass is 155 g/mol. The van der Waals surface area contributed by atoms with Crippen LogP contribution in [0.1, 0.15) is 33.1 Å². The van der Waals surface area contributed by atoms with Crippen LogP contribution in [0.2, 0.25) is 0 Å². The largest absolute Gasteiger partial charge is 0.376 e. The highest BCUT2D eigenvalue weighted by molar-refractivity contribution is 5.08. The van der Waals surface area contributed by atoms with E-state index in [2.05, 4.69) is 13.8 Å². The lowest BCUT2D eigenvalue weighted by Crippen LogP contribution is -2.33. The standard InChI is InChI=1S/C9H17NO/c1-6-3-9(5-8(9)10)4-7(2)11-6/h6-8H,3-5,10H2,1-2H3. The fourth-order valence-corrected chi connectivity index (χ4v) is 2.57. The van der Waals surface area contributed by atoms with Crippen LogP contribution in [0.25, 0.3) is 0 Å². The van der Waals surface area contributed by atoms with Gasteiger partial charge in [-0.2, -0.15) is 0 Å². The maximum absolute atomic E-state index is 5.90. The summed E-state index contributed by atoms with van der Waals surface area (Å²) in [6, 6.07) is 0.469. The molecule has 3 unspecified atom stereocenters. The molecular formula is C9H17NO. The number of ether oxygens (including phenoxy) is 1. The zero-order chi connectivity index (χ0) is 8.06. The van der Waals surface area contributed by atoms with Gasteiger partial charge in [0.25, 0.3) is 0 Å². The lowest BCUT2D eigenvalue weighted by molar-refractivity contribution is -0.0601. The Bertz CT molecular complexity index is 159. The van der Waals surface area contributed by atoms with E-state index in [1.54, 1.807) is 0 Å². The summed E-state index contributed by atoms with van der Waals surface area (Å²) in [5.41, 5.74) is 6.38. The minimum atomic E-state index is 0.423. The van der Waals surface area contributed by atoms with Gasteiger partial charge in [-0.05, 0) is 38.5 Å². The lowest BCUT2D eigenvalue weighted by Gasteiger charge is -2.32. The molecule has 1 aliphatic carbocycles. The van der Waals surface area contributed by atoms with E-state index < -0.39 is 0 Å². The molecule has 2 N–H and O–H groups in total. The molecule has 1 aliphatic heterocycles. The molecule has 2 nitrogen and oxygen atoms in total. The number of rotatable bonds is 0. The van der Waals surface area contributed by atoms with Crippen LogP contribution in [0, 0.1) is 5.41 Å². The first kappa shape index (κ1) is 7.56. The van der Waals surface area contributed by atoms with Crippen molar-refractivity contribution in [1.29, 1.82) is 0 Å². The van der Waals surface area contributed by atoms with Crippen LogP contribution in [0.4, 0.5) is 0 Å². The van der Waals surface area contributed by atoms with Crippen molar-refractivity contribution in [2.45, 2.75) is 51.4 Å². The SMILES string of the molecule is CC1CC2(CC(C)O1)CC2N. The van der Waals surface area contributed by atoms with Crippen LogP contribution in [0.3, 0.4) is 0 Å². The Hall–Kier alpha value is -0.0800. The molecule has 0 bridgehead atoms. The fraction of sp³-hybridized carbons (Fsp3) is 1.00. The summed E-state index contributed by atoms with van der Waals surface area (Å²) < 4.78 is 5.65. The van der Waals surface area contributed by atoms with Crippen LogP contribution < -0.4 is 5.73 Å². The van der Waals surface area contributed by atoms with Crippen LogP contribution >= 0.6 is 0 Å². The molecule has 1 saturated heterocycles. The van der Waals surface area contributed by atoms with Gasteiger partial charge >= 0.3 is 0 Å². The first-order valence-electron chi connectivity index (χ1n) is 4.53. The minimum Gasteiger partial charge on any atom is -0.376 e. The summed E-state index contributed by atoms with van der Waals surface area (Å²) >= 11 is 0. The Labute approximate surface area is 68.1 Å². The van der Waals surface area contributed by atoms with Gasteiger partial charge in [-0.1, -0.05) is 0 Å². The highest BCUT2D eigenvalue weighted by Crippen LogP contribution is 2.54. The van der Waals surface area contributed by atoms with Crippen molar-refractivity contribution in [3.05, 3.63) is 0 Å². The van der Waals surface area contributed by atoms with E-state index in [9.17, 15) is 0 Å². The van der Waals surface area contributed by atoms with Gasteiger partial charge in [0.05, 0.1) is 12.2 Å². The highest BCUT2D eigenvalue weighted by Gasteiger charge is 2.54. The van der Waals surface area contributed by atoms with E-state index >= 15 is 0 Å². The zero-order valence-electron chi connectivity index (χ0n) is 7.34. The summed E-state index contributed by atoms with van der Waals surface area (Å²) in [5, 5.41) is 0. The molecule has 11 heavy (non-hydrogen) atoms. The summed E-state index contributed by atoms with van der Waals surface area (Å²) in [6.07, 6.45) is 4.43. The molecule has 0 aromatic rings. The van der Waals surface area contributed by atoms with E-state index in [0.717, 1.165) is 0 Å². The van der Waals surface area contributed by atoms with Crippen molar-refractivity contribution in [3.8, 4) is 0 Å². The number of hydrogen-bond acceptors (Lipinski definition) is 2. The summed E-state index contributed by atoms with van der Waals surface area (Å²) in [6.45, 7) is 4.31. The maximum Gasteiger partial charge on any atom is 0.0556 e. The summed E-state index contributed by atoms with van der Waals surface area (Å²) in [4.78, 5) is 0. The Kier molecular flexibility index (Phi) is 1.52. The Balaban J connectivity index is 2.03. The fourth-order valence-electron chi connectivity index (χ4n) is 2.57. The van der Waals surface area contributed by atoms with Crippen LogP contribution in [-0.4, -0.2) is 18.2 Å². The zero-order valence-corrected chi connectivity index (χ0v) is 7.34. The van der Waals surface area contributed by atoms with Crippen molar-refractivity contribution >= 4 is 0 Å². The van der Waals surface area contributed by atoms with Gasteiger partial charge in [0.1, 0.15) is 0 Å². The van der Waals surface area contributed by atoms with Crippen molar-refractivity contribution in [1.82, 2.24) is 0 Å². The van der Waals surface area contributed by atoms with Gasteiger partial charge in [0.2, 0.25) is 0 Å². The first-order chi connectivity index (χ1) is 5.12. The van der Waals surface area contributed by atoms with Gasteiger partial charge in [-0.15, -0.1) is 0 Å². The molecule has 3 atom stereocenters. The molecule has 2 heteroatoms. The normalized spacial score (nSPS) is 56.5. The third kappa shape index (κ3) is 1.18. The van der Waals surface area contributed by atoms with Crippen LogP contribution in [0.5, 0.6) is 0 Å². The van der Waals surface area contributed by atoms with Gasteiger partial charge < -0.3 is 10.5 Å². The first-order valence-corrected chi connectivity index (χ1v) is 4.53. The van der Waals surface area contributed by atoms with E-state index in [1.807, 2.05) is 0 Å². The molecule has 0 radical (unpaired) electrons. The molecule has 0 aromatic heterocycles. The predicted octanol–water partition coefficient (Wildman–Crippen LogP) is 1.29. The molecule has 1 heterocycles. The average Bonchev–Trinajstić information content (AvgIpc) is 2.37. The molecule has 64 valence electrons. The van der Waals surface area contributed by atoms with Crippen molar-refractivity contribution in [2.75, 3.05) is 0 Å². The average molecular weight is 155 g/mol. The van der Waals surface area contributed by atoms with Crippen molar-refractivity contribution < 1.29 is 4.74 Å². The van der Waals surface area contributed by atoms with E-state index in [4.69, 9.17) is 10.5 Å². The van der Waals surface area contributed by atoms with Gasteiger partial charge in [0, 0.05) is 6.04 Å². The van der Waals surface area contributed by atoms with E-state index in [1.165, 1.54) is 19.3 Å². The predicted molar refractivity (Wildman–Crippen MR) is 44.3 cm³/mol. The second-order valence-corrected chi connectivity index (χ2v) is 4.34. The molecule has 2 aliphatic rings. The van der Waals surface area contributed by atoms with Crippen LogP contribution in [0.15, 0.2) is 0 Å². The smallest absolute Gasteiger partial charge is 0.0556 e. The third-order valence-electron chi connectivity index (χ3n) is 3.11. The highest BCUT2D eigenvalue weighted by atomic mass is 16.5. The van der Waals surface area contributed by atoms with Crippen molar-refractivity contribution in [2.24, 2.45) is 11.1 Å². The summed E-state index contributed by atoms with van der Waals surface area (Å²) in [7, 11) is 0. The minimum absolute atomic E-state index is 0.423. The van der Waals surface area contributed by atoms with Crippen molar-refractivity contribution in [3.63, 3.8) is 0 Å². The Morgan fingerprint density at radius 2 is 1.64 bits per heavy atom. The molecule has 0 aromatic carbocycles. The van der Waals surface area contributed by atoms with E-state index in [0.29, 0.717) is 23.7 Å². The maximum atomic E-state index is 5.90. The van der Waals surface area contributed by atoms with Crippen LogP contribution in [-0.2, 0) is 4.74 Å². The van der Waals surface area contributed by atoms with Gasteiger partial charge in [-0.3, -0.25) is 0 Å². The number of nitrogens with two attached hydrogens (primary N) is 1. The van der Waals surface area contributed by atoms with Gasteiger partial charge in [-0.25, -0.2) is 0 Å². The number of hydrogen-bond donors (Lipinski definition) is 1. The quantitative estimate of drug-likeness (QED) is 0.572. The molecule has 2 rings (SSSR count). The Morgan fingerprint density at radius 3 is 2.00 bits per heavy atom. The summed E-state index contributed by atoms with van der Waals surface area (Å²) in [5.74, 6) is 0. The molecule has 1 spiro atoms. The molecule has 2 fully saturated rings. The molecule has 1 saturated carbocycles. The Morgan fingerprint density at radius 1 is 1.18 bits per heavy atom. The topological polar surface area (TPSA) is 35.2 Å². The second kappa shape index (κ2) is 2.20. The van der Waals surface area contributed by atoms with E-state index in [-0.39, 0.29) is 0 Å².